The van der Waals surface area contributed by atoms with E-state index in [4.69, 9.17) is 0 Å². The van der Waals surface area contributed by atoms with Crippen molar-refractivity contribution in [1.29, 1.82) is 0 Å². The van der Waals surface area contributed by atoms with Gasteiger partial charge in [-0.25, -0.2) is 0 Å². The van der Waals surface area contributed by atoms with E-state index in [1.165, 1.54) is 6.92 Å². The van der Waals surface area contributed by atoms with Crippen LogP contribution in [0.25, 0.3) is 0 Å². The number of carbonyl (C=O) groups is 2. The number of hydrogen-bond donors (Lipinski definition) is 0. The van der Waals surface area contributed by atoms with E-state index in [9.17, 15) is 24.5 Å². The second-order valence-electron chi connectivity index (χ2n) is 6.96. The summed E-state index contributed by atoms with van der Waals surface area (Å²) in [4.78, 5) is 48.8. The van der Waals surface area contributed by atoms with Crippen LogP contribution in [0.3, 0.4) is 0 Å². The van der Waals surface area contributed by atoms with E-state index in [2.05, 4.69) is 0 Å². The molecule has 2 aliphatic carbocycles. The van der Waals surface area contributed by atoms with Gasteiger partial charge < -0.3 is 4.90 Å². The number of hydrogen-bond acceptors (Lipinski definition) is 5. The SMILES string of the molecule is CC(=O)c1cc(=O)n(CC(=O)N(C2CC2)C(C)C2CC2)cc1[N+](=O)[O-]. The third-order valence-electron chi connectivity index (χ3n) is 4.96. The summed E-state index contributed by atoms with van der Waals surface area (Å²) >= 11 is 0. The van der Waals surface area contributed by atoms with E-state index in [-0.39, 0.29) is 30.1 Å². The van der Waals surface area contributed by atoms with E-state index in [0.29, 0.717) is 5.92 Å². The Bertz CT molecular complexity index is 792. The molecule has 0 saturated heterocycles. The van der Waals surface area contributed by atoms with Gasteiger partial charge in [-0.2, -0.15) is 0 Å². The van der Waals surface area contributed by atoms with Gasteiger partial charge in [-0.05, 0) is 45.4 Å². The van der Waals surface area contributed by atoms with E-state index >= 15 is 0 Å². The average Bonchev–Trinajstić information content (AvgIpc) is 3.41. The van der Waals surface area contributed by atoms with Crippen LogP contribution in [0.5, 0.6) is 0 Å². The molecule has 1 aromatic heterocycles. The van der Waals surface area contributed by atoms with Gasteiger partial charge in [0, 0.05) is 18.2 Å². The zero-order valence-corrected chi connectivity index (χ0v) is 14.3. The van der Waals surface area contributed by atoms with Gasteiger partial charge >= 0.3 is 0 Å². The van der Waals surface area contributed by atoms with Crippen LogP contribution in [0.4, 0.5) is 5.69 Å². The maximum Gasteiger partial charge on any atom is 0.296 e. The summed E-state index contributed by atoms with van der Waals surface area (Å²) in [6.45, 7) is 2.95. The molecule has 2 saturated carbocycles. The highest BCUT2D eigenvalue weighted by Gasteiger charge is 2.41. The fourth-order valence-electron chi connectivity index (χ4n) is 3.26. The van der Waals surface area contributed by atoms with Gasteiger partial charge in [0.05, 0.1) is 11.1 Å². The predicted octanol–water partition coefficient (Wildman–Crippen LogP) is 1.75. The first-order valence-corrected chi connectivity index (χ1v) is 8.50. The summed E-state index contributed by atoms with van der Waals surface area (Å²) in [5, 5.41) is 11.2. The number of pyridine rings is 1. The Morgan fingerprint density at radius 1 is 1.36 bits per heavy atom. The van der Waals surface area contributed by atoms with Crippen LogP contribution in [0.1, 0.15) is 49.9 Å². The first kappa shape index (κ1) is 17.3. The molecule has 8 nitrogen and oxygen atoms in total. The molecule has 134 valence electrons. The number of rotatable bonds is 7. The van der Waals surface area contributed by atoms with Crippen molar-refractivity contribution in [3.63, 3.8) is 0 Å². The molecule has 8 heteroatoms. The van der Waals surface area contributed by atoms with Gasteiger partial charge in [-0.1, -0.05) is 0 Å². The maximum atomic E-state index is 12.7. The molecule has 2 fully saturated rings. The van der Waals surface area contributed by atoms with Crippen LogP contribution in [0.15, 0.2) is 17.1 Å². The van der Waals surface area contributed by atoms with Crippen molar-refractivity contribution >= 4 is 17.4 Å². The summed E-state index contributed by atoms with van der Waals surface area (Å²) in [5.41, 5.74) is -1.27. The molecular formula is C17H21N3O5. The summed E-state index contributed by atoms with van der Waals surface area (Å²) < 4.78 is 1.03. The van der Waals surface area contributed by atoms with Crippen LogP contribution in [-0.4, -0.2) is 38.2 Å². The average molecular weight is 347 g/mol. The van der Waals surface area contributed by atoms with Gasteiger partial charge in [-0.15, -0.1) is 0 Å². The highest BCUT2D eigenvalue weighted by atomic mass is 16.6. The number of nitrogens with zero attached hydrogens (tertiary/aromatic N) is 3. The summed E-state index contributed by atoms with van der Waals surface area (Å²) in [6, 6.07) is 1.28. The second kappa shape index (κ2) is 6.42. The van der Waals surface area contributed by atoms with E-state index in [1.807, 2.05) is 11.8 Å². The van der Waals surface area contributed by atoms with Crippen molar-refractivity contribution in [1.82, 2.24) is 9.47 Å². The Morgan fingerprint density at radius 2 is 2.00 bits per heavy atom. The third kappa shape index (κ3) is 3.62. The van der Waals surface area contributed by atoms with Gasteiger partial charge in [0.2, 0.25) is 5.91 Å². The molecule has 1 heterocycles. The summed E-state index contributed by atoms with van der Waals surface area (Å²) in [5.74, 6) is -0.242. The molecule has 1 amide bonds. The lowest BCUT2D eigenvalue weighted by Gasteiger charge is -2.29. The van der Waals surface area contributed by atoms with Crippen LogP contribution < -0.4 is 5.56 Å². The molecule has 1 unspecified atom stereocenters. The molecule has 1 aromatic rings. The molecule has 0 spiro atoms. The monoisotopic (exact) mass is 347 g/mol. The predicted molar refractivity (Wildman–Crippen MR) is 89.4 cm³/mol. The lowest BCUT2D eigenvalue weighted by Crippen LogP contribution is -2.44. The van der Waals surface area contributed by atoms with Crippen molar-refractivity contribution in [2.75, 3.05) is 0 Å². The fourth-order valence-corrected chi connectivity index (χ4v) is 3.26. The third-order valence-corrected chi connectivity index (χ3v) is 4.96. The molecule has 0 aliphatic heterocycles. The van der Waals surface area contributed by atoms with Gasteiger partial charge in [0.1, 0.15) is 12.1 Å². The summed E-state index contributed by atoms with van der Waals surface area (Å²) in [6.07, 6.45) is 5.14. The fraction of sp³-hybridized carbons (Fsp3) is 0.588. The van der Waals surface area contributed by atoms with Crippen molar-refractivity contribution in [3.8, 4) is 0 Å². The zero-order valence-electron chi connectivity index (χ0n) is 14.3. The van der Waals surface area contributed by atoms with Crippen molar-refractivity contribution in [3.05, 3.63) is 38.3 Å². The van der Waals surface area contributed by atoms with E-state index in [1.54, 1.807) is 0 Å². The maximum absolute atomic E-state index is 12.7. The molecule has 0 radical (unpaired) electrons. The van der Waals surface area contributed by atoms with Crippen molar-refractivity contribution in [2.45, 2.75) is 58.2 Å². The highest BCUT2D eigenvalue weighted by molar-refractivity contribution is 5.97. The van der Waals surface area contributed by atoms with Crippen molar-refractivity contribution in [2.24, 2.45) is 5.92 Å². The lowest BCUT2D eigenvalue weighted by molar-refractivity contribution is -0.385. The largest absolute Gasteiger partial charge is 0.335 e. The topological polar surface area (TPSA) is 103 Å². The van der Waals surface area contributed by atoms with Gasteiger partial charge in [-0.3, -0.25) is 29.1 Å². The normalized spacial score (nSPS) is 17.8. The first-order valence-electron chi connectivity index (χ1n) is 8.50. The first-order chi connectivity index (χ1) is 11.8. The molecule has 2 aliphatic rings. The van der Waals surface area contributed by atoms with Crippen molar-refractivity contribution < 1.29 is 14.5 Å². The Labute approximate surface area is 144 Å². The van der Waals surface area contributed by atoms with E-state index < -0.39 is 22.0 Å². The Morgan fingerprint density at radius 3 is 2.48 bits per heavy atom. The number of Topliss-reactive ketones (excluding diaryl/α,β-unsaturated/α-hetero) is 1. The smallest absolute Gasteiger partial charge is 0.296 e. The molecule has 0 aromatic carbocycles. The lowest BCUT2D eigenvalue weighted by atomic mass is 10.1. The minimum Gasteiger partial charge on any atom is -0.335 e. The number of aromatic nitrogens is 1. The number of carbonyl (C=O) groups excluding carboxylic acids is 2. The van der Waals surface area contributed by atoms with Gasteiger partial charge in [0.15, 0.2) is 5.78 Å². The Balaban J connectivity index is 1.87. The van der Waals surface area contributed by atoms with E-state index in [0.717, 1.165) is 42.5 Å². The quantitative estimate of drug-likeness (QED) is 0.425. The molecule has 3 rings (SSSR count). The van der Waals surface area contributed by atoms with Crippen LogP contribution in [0, 0.1) is 16.0 Å². The standard InChI is InChI=1S/C17H21N3O5/c1-10(12-3-4-12)19(13-5-6-13)17(23)9-18-8-15(20(24)25)14(11(2)21)7-16(18)22/h7-8,10,12-13H,3-6,9H2,1-2H3. The van der Waals surface area contributed by atoms with Crippen LogP contribution >= 0.6 is 0 Å². The zero-order chi connectivity index (χ0) is 18.3. The molecule has 1 atom stereocenters. The number of amides is 1. The minimum atomic E-state index is -0.706. The molecule has 0 N–H and O–H groups in total. The van der Waals surface area contributed by atoms with Gasteiger partial charge in [0.25, 0.3) is 11.2 Å². The van der Waals surface area contributed by atoms with Crippen LogP contribution in [0.2, 0.25) is 0 Å². The number of ketones is 1. The molecule has 25 heavy (non-hydrogen) atoms. The number of nitro groups is 1. The Hall–Kier alpha value is -2.51. The highest BCUT2D eigenvalue weighted by Crippen LogP contribution is 2.39. The molecular weight excluding hydrogens is 326 g/mol. The minimum absolute atomic E-state index is 0.127. The second-order valence-corrected chi connectivity index (χ2v) is 6.96. The molecule has 0 bridgehead atoms. The Kier molecular flexibility index (Phi) is 4.45. The van der Waals surface area contributed by atoms with Crippen LogP contribution in [-0.2, 0) is 11.3 Å². The summed E-state index contributed by atoms with van der Waals surface area (Å²) in [7, 11) is 0.